The summed E-state index contributed by atoms with van der Waals surface area (Å²) in [6.45, 7) is 10.2. The number of ether oxygens (including phenoxy) is 5. The zero-order valence-electron chi connectivity index (χ0n) is 25.6. The van der Waals surface area contributed by atoms with E-state index in [0.29, 0.717) is 54.6 Å². The largest absolute Gasteiger partial charge is 0.465 e. The molecular weight excluding hydrogens is 552 g/mol. The molecule has 0 aromatic heterocycles. The maximum atomic E-state index is 12.3. The molecule has 0 unspecified atom stereocenters. The van der Waals surface area contributed by atoms with Crippen LogP contribution < -0.4 is 4.74 Å². The van der Waals surface area contributed by atoms with Crippen LogP contribution >= 0.6 is 0 Å². The van der Waals surface area contributed by atoms with Crippen molar-refractivity contribution in [3.8, 4) is 11.5 Å². The van der Waals surface area contributed by atoms with Gasteiger partial charge in [0.05, 0.1) is 43.5 Å². The quantitative estimate of drug-likeness (QED) is 0.0675. The van der Waals surface area contributed by atoms with Gasteiger partial charge in [-0.15, -0.1) is 0 Å². The van der Waals surface area contributed by atoms with Gasteiger partial charge in [0.2, 0.25) is 0 Å². The van der Waals surface area contributed by atoms with Crippen LogP contribution in [-0.4, -0.2) is 50.3 Å². The van der Waals surface area contributed by atoms with Gasteiger partial charge in [0.15, 0.2) is 0 Å². The van der Waals surface area contributed by atoms with E-state index in [1.54, 1.807) is 69.3 Å². The van der Waals surface area contributed by atoms with Gasteiger partial charge in [0.25, 0.3) is 0 Å². The molecule has 0 aliphatic rings. The highest BCUT2D eigenvalue weighted by atomic mass is 16.5. The highest BCUT2D eigenvalue weighted by Gasteiger charge is 2.10. The minimum atomic E-state index is -0.406. The first kappa shape index (κ1) is 35.1. The molecule has 9 nitrogen and oxygen atoms in total. The zero-order chi connectivity index (χ0) is 31.5. The smallest absolute Gasteiger partial charge is 0.338 e. The third-order valence-corrected chi connectivity index (χ3v) is 6.26. The van der Waals surface area contributed by atoms with Crippen LogP contribution in [0.25, 0.3) is 0 Å². The third kappa shape index (κ3) is 14.5. The second-order valence-electron chi connectivity index (χ2n) is 10.5. The molecule has 234 valence electrons. The van der Waals surface area contributed by atoms with Crippen LogP contribution in [0, 0.1) is 5.92 Å². The van der Waals surface area contributed by atoms with Crippen molar-refractivity contribution in [1.29, 1.82) is 0 Å². The van der Waals surface area contributed by atoms with Gasteiger partial charge in [0.1, 0.15) is 11.5 Å². The number of carbonyl (C=O) groups excluding carboxylic acids is 4. The zero-order valence-corrected chi connectivity index (χ0v) is 25.6. The molecule has 0 fully saturated rings. The molecule has 43 heavy (non-hydrogen) atoms. The van der Waals surface area contributed by atoms with Gasteiger partial charge in [-0.25, -0.2) is 14.4 Å². The molecule has 0 N–H and O–H groups in total. The maximum Gasteiger partial charge on any atom is 0.338 e. The van der Waals surface area contributed by atoms with Crippen molar-refractivity contribution >= 4 is 23.9 Å². The number of rotatable bonds is 20. The molecule has 2 aromatic carbocycles. The van der Waals surface area contributed by atoms with Crippen molar-refractivity contribution < 1.29 is 42.9 Å². The van der Waals surface area contributed by atoms with E-state index in [2.05, 4.69) is 6.58 Å². The molecular formula is C34H44O9. The predicted molar refractivity (Wildman–Crippen MR) is 162 cm³/mol. The highest BCUT2D eigenvalue weighted by Crippen LogP contribution is 2.23. The standard InChI is InChI=1S/C34H44O9/c1-25(2)31(35)39-21-9-5-7-11-23-41-33(37)27-13-17-29(18-14-27)43-30-19-15-28(16-20-30)34(38)42-24-12-8-6-10-22-40-32(36)26(3)4/h13-20,26H,1,5-12,21-24H2,2-4H3. The summed E-state index contributed by atoms with van der Waals surface area (Å²) in [5, 5.41) is 0. The Morgan fingerprint density at radius 1 is 0.581 bits per heavy atom. The number of benzene rings is 2. The van der Waals surface area contributed by atoms with Crippen molar-refractivity contribution in [2.45, 2.75) is 72.1 Å². The molecule has 0 amide bonds. The van der Waals surface area contributed by atoms with E-state index in [-0.39, 0.29) is 17.9 Å². The Balaban J connectivity index is 1.60. The van der Waals surface area contributed by atoms with Crippen molar-refractivity contribution in [3.05, 3.63) is 71.8 Å². The molecule has 0 aliphatic heterocycles. The second-order valence-corrected chi connectivity index (χ2v) is 10.5. The lowest BCUT2D eigenvalue weighted by atomic mass is 10.2. The molecule has 0 saturated heterocycles. The predicted octanol–water partition coefficient (Wildman–Crippen LogP) is 7.23. The first-order chi connectivity index (χ1) is 20.7. The second kappa shape index (κ2) is 19.9. The Kier molecular flexibility index (Phi) is 16.2. The van der Waals surface area contributed by atoms with Crippen LogP contribution in [0.5, 0.6) is 11.5 Å². The Morgan fingerprint density at radius 2 is 0.953 bits per heavy atom. The minimum absolute atomic E-state index is 0.114. The average molecular weight is 597 g/mol. The van der Waals surface area contributed by atoms with E-state index in [4.69, 9.17) is 23.7 Å². The van der Waals surface area contributed by atoms with Crippen LogP contribution in [0.15, 0.2) is 60.7 Å². The van der Waals surface area contributed by atoms with Crippen LogP contribution in [0.1, 0.15) is 92.9 Å². The molecule has 0 heterocycles. The summed E-state index contributed by atoms with van der Waals surface area (Å²) in [6.07, 6.45) is 6.53. The van der Waals surface area contributed by atoms with E-state index in [9.17, 15) is 19.2 Å². The van der Waals surface area contributed by atoms with E-state index in [0.717, 1.165) is 51.4 Å². The lowest BCUT2D eigenvalue weighted by Crippen LogP contribution is -2.12. The minimum Gasteiger partial charge on any atom is -0.465 e. The van der Waals surface area contributed by atoms with Crippen molar-refractivity contribution in [1.82, 2.24) is 0 Å². The van der Waals surface area contributed by atoms with Crippen LogP contribution in [0.2, 0.25) is 0 Å². The molecule has 0 aliphatic carbocycles. The van der Waals surface area contributed by atoms with Gasteiger partial charge in [-0.1, -0.05) is 20.4 Å². The fourth-order valence-corrected chi connectivity index (χ4v) is 3.69. The van der Waals surface area contributed by atoms with E-state index in [1.165, 1.54) is 0 Å². The fraction of sp³-hybridized carbons (Fsp3) is 0.471. The van der Waals surface area contributed by atoms with Crippen molar-refractivity contribution in [2.24, 2.45) is 5.92 Å². The van der Waals surface area contributed by atoms with Crippen LogP contribution in [0.4, 0.5) is 0 Å². The average Bonchev–Trinajstić information content (AvgIpc) is 2.99. The van der Waals surface area contributed by atoms with Crippen molar-refractivity contribution in [2.75, 3.05) is 26.4 Å². The molecule has 0 saturated carbocycles. The molecule has 2 aromatic rings. The summed E-state index contributed by atoms with van der Waals surface area (Å²) < 4.78 is 26.7. The number of hydrogen-bond donors (Lipinski definition) is 0. The third-order valence-electron chi connectivity index (χ3n) is 6.26. The topological polar surface area (TPSA) is 114 Å². The van der Waals surface area contributed by atoms with Gasteiger partial charge in [-0.2, -0.15) is 0 Å². The lowest BCUT2D eigenvalue weighted by molar-refractivity contribution is -0.147. The van der Waals surface area contributed by atoms with Gasteiger partial charge in [0, 0.05) is 5.57 Å². The molecule has 0 spiro atoms. The van der Waals surface area contributed by atoms with Crippen molar-refractivity contribution in [3.63, 3.8) is 0 Å². The Morgan fingerprint density at radius 3 is 1.33 bits per heavy atom. The Labute approximate surface area is 254 Å². The SMILES string of the molecule is C=C(C)C(=O)OCCCCCCOC(=O)c1ccc(Oc2ccc(C(=O)OCCCCCCOC(=O)C(C)C)cc2)cc1. The molecule has 0 bridgehead atoms. The number of esters is 4. The number of unbranched alkanes of at least 4 members (excludes halogenated alkanes) is 6. The van der Waals surface area contributed by atoms with E-state index < -0.39 is 11.9 Å². The highest BCUT2D eigenvalue weighted by molar-refractivity contribution is 5.90. The van der Waals surface area contributed by atoms with Crippen LogP contribution in [-0.2, 0) is 28.5 Å². The Hall–Kier alpha value is -4.14. The summed E-state index contributed by atoms with van der Waals surface area (Å²) in [5.74, 6) is -0.394. The van der Waals surface area contributed by atoms with Gasteiger partial charge in [-0.05, 0) is 107 Å². The lowest BCUT2D eigenvalue weighted by Gasteiger charge is -2.09. The number of hydrogen-bond acceptors (Lipinski definition) is 9. The summed E-state index contributed by atoms with van der Waals surface area (Å²) in [5.41, 5.74) is 1.24. The first-order valence-electron chi connectivity index (χ1n) is 14.9. The molecule has 0 atom stereocenters. The monoisotopic (exact) mass is 596 g/mol. The summed E-state index contributed by atoms with van der Waals surface area (Å²) in [4.78, 5) is 47.3. The van der Waals surface area contributed by atoms with Crippen LogP contribution in [0.3, 0.4) is 0 Å². The summed E-state index contributed by atoms with van der Waals surface area (Å²) in [6, 6.07) is 13.3. The summed E-state index contributed by atoms with van der Waals surface area (Å²) >= 11 is 0. The molecule has 2 rings (SSSR count). The van der Waals surface area contributed by atoms with E-state index >= 15 is 0 Å². The summed E-state index contributed by atoms with van der Waals surface area (Å²) in [7, 11) is 0. The first-order valence-corrected chi connectivity index (χ1v) is 14.9. The Bertz CT molecular complexity index is 1170. The fourth-order valence-electron chi connectivity index (χ4n) is 3.69. The van der Waals surface area contributed by atoms with E-state index in [1.807, 2.05) is 0 Å². The molecule has 9 heteroatoms. The normalized spacial score (nSPS) is 10.6. The van der Waals surface area contributed by atoms with Gasteiger partial charge in [-0.3, -0.25) is 4.79 Å². The maximum absolute atomic E-state index is 12.3. The van der Waals surface area contributed by atoms with Gasteiger partial charge < -0.3 is 23.7 Å². The molecule has 0 radical (unpaired) electrons. The van der Waals surface area contributed by atoms with Gasteiger partial charge >= 0.3 is 23.9 Å². The number of carbonyl (C=O) groups is 4.